The molecule has 0 aliphatic heterocycles. The normalized spacial score (nSPS) is 12.0. The van der Waals surface area contributed by atoms with Crippen LogP contribution in [0.25, 0.3) is 93.6 Å². The Bertz CT molecular complexity index is 4110. The molecule has 14 aromatic rings. The van der Waals surface area contributed by atoms with Gasteiger partial charge in [-0.05, 0) is 86.5 Å². The molecule has 4 heteroatoms. The number of hydrogen-bond donors (Lipinski definition) is 0. The Morgan fingerprint density at radius 2 is 0.643 bits per heavy atom. The van der Waals surface area contributed by atoms with Crippen molar-refractivity contribution in [2.75, 3.05) is 0 Å². The standard InChI is InChI=1S/C66H45N3Si/c1-5-21-46(22-6-1)47-39-41-48(42-40-47)67-62-44-43-49(45-58(62)57-32-19-37-63(65(57)67)69-60-35-17-13-29-53(60)54-30-14-18-36-61(54)69)68-59-34-16-15-31-55(59)56-33-20-38-64(66(56)68)70(50-23-7-2-8-24-50,51-25-9-3-10-26-51)52-27-11-4-12-28-52/h1-45H. The lowest BCUT2D eigenvalue weighted by Gasteiger charge is -2.35. The van der Waals surface area contributed by atoms with E-state index in [2.05, 4.69) is 287 Å². The summed E-state index contributed by atoms with van der Waals surface area (Å²) in [6.07, 6.45) is 0. The van der Waals surface area contributed by atoms with Crippen LogP contribution in [0.4, 0.5) is 0 Å². The van der Waals surface area contributed by atoms with E-state index in [4.69, 9.17) is 0 Å². The predicted molar refractivity (Wildman–Crippen MR) is 299 cm³/mol. The fourth-order valence-electron chi connectivity index (χ4n) is 11.9. The van der Waals surface area contributed by atoms with E-state index in [1.807, 2.05) is 0 Å². The Morgan fingerprint density at radius 3 is 1.21 bits per heavy atom. The van der Waals surface area contributed by atoms with Crippen molar-refractivity contribution in [1.82, 2.24) is 13.7 Å². The zero-order valence-electron chi connectivity index (χ0n) is 38.3. The maximum absolute atomic E-state index is 2.97. The van der Waals surface area contributed by atoms with E-state index in [1.165, 1.54) is 91.8 Å². The van der Waals surface area contributed by atoms with Gasteiger partial charge in [0.2, 0.25) is 0 Å². The lowest BCUT2D eigenvalue weighted by molar-refractivity contribution is 1.13. The van der Waals surface area contributed by atoms with Crippen molar-refractivity contribution >= 4 is 94.2 Å². The van der Waals surface area contributed by atoms with Gasteiger partial charge in [0.1, 0.15) is 0 Å². The molecule has 70 heavy (non-hydrogen) atoms. The molecule has 3 heterocycles. The van der Waals surface area contributed by atoms with Crippen LogP contribution in [-0.4, -0.2) is 21.8 Å². The summed E-state index contributed by atoms with van der Waals surface area (Å²) in [6.45, 7) is 0. The molecule has 0 N–H and O–H groups in total. The summed E-state index contributed by atoms with van der Waals surface area (Å²) in [5.74, 6) is 0. The number of benzene rings is 11. The monoisotopic (exact) mass is 907 g/mol. The smallest absolute Gasteiger partial charge is 0.181 e. The van der Waals surface area contributed by atoms with Crippen LogP contribution in [0.3, 0.4) is 0 Å². The van der Waals surface area contributed by atoms with Crippen LogP contribution in [0.2, 0.25) is 0 Å². The summed E-state index contributed by atoms with van der Waals surface area (Å²) in [5, 5.41) is 12.8. The summed E-state index contributed by atoms with van der Waals surface area (Å²) in [5.41, 5.74) is 12.9. The summed E-state index contributed by atoms with van der Waals surface area (Å²) < 4.78 is 7.55. The second kappa shape index (κ2) is 16.1. The molecule has 0 saturated carbocycles. The van der Waals surface area contributed by atoms with Crippen LogP contribution in [0.1, 0.15) is 0 Å². The molecule has 11 aromatic carbocycles. The van der Waals surface area contributed by atoms with Gasteiger partial charge in [0, 0.05) is 43.7 Å². The molecule has 0 bridgehead atoms. The van der Waals surface area contributed by atoms with Gasteiger partial charge in [0.05, 0.1) is 38.8 Å². The molecule has 0 aliphatic carbocycles. The van der Waals surface area contributed by atoms with Crippen LogP contribution < -0.4 is 20.7 Å². The van der Waals surface area contributed by atoms with E-state index in [0.29, 0.717) is 0 Å². The molecule has 0 aliphatic rings. The highest BCUT2D eigenvalue weighted by Gasteiger charge is 2.43. The van der Waals surface area contributed by atoms with Gasteiger partial charge in [-0.2, -0.15) is 0 Å². The molecule has 0 fully saturated rings. The Hall–Kier alpha value is -8.96. The number of fused-ring (bicyclic) bond motifs is 9. The maximum Gasteiger partial charge on any atom is 0.181 e. The minimum Gasteiger partial charge on any atom is -0.309 e. The van der Waals surface area contributed by atoms with Gasteiger partial charge in [-0.25, -0.2) is 0 Å². The first-order valence-corrected chi connectivity index (χ1v) is 26.2. The van der Waals surface area contributed by atoms with E-state index in [-0.39, 0.29) is 0 Å². The highest BCUT2D eigenvalue weighted by atomic mass is 28.3. The largest absolute Gasteiger partial charge is 0.309 e. The number of para-hydroxylation sites is 5. The Morgan fingerprint density at radius 1 is 0.243 bits per heavy atom. The number of rotatable bonds is 8. The Labute approximate surface area is 407 Å². The maximum atomic E-state index is 2.57. The van der Waals surface area contributed by atoms with Gasteiger partial charge in [-0.3, -0.25) is 0 Å². The molecule has 0 radical (unpaired) electrons. The van der Waals surface area contributed by atoms with Crippen LogP contribution in [-0.2, 0) is 0 Å². The first-order chi connectivity index (χ1) is 34.8. The SMILES string of the molecule is c1ccc(-c2ccc(-n3c4ccc(-n5c6ccccc6c6cccc([Si](c7ccccc7)(c7ccccc7)c7ccccc7)c65)cc4c4cccc(-n5c6ccccc6c6ccccc65)c43)cc2)cc1. The third-order valence-electron chi connectivity index (χ3n) is 14.8. The minimum atomic E-state index is -2.97. The zero-order chi connectivity index (χ0) is 46.2. The second-order valence-electron chi connectivity index (χ2n) is 18.4. The van der Waals surface area contributed by atoms with Crippen molar-refractivity contribution in [1.29, 1.82) is 0 Å². The number of aromatic nitrogens is 3. The molecule has 0 spiro atoms. The summed E-state index contributed by atoms with van der Waals surface area (Å²) in [7, 11) is -2.97. The summed E-state index contributed by atoms with van der Waals surface area (Å²) >= 11 is 0. The van der Waals surface area contributed by atoms with E-state index in [1.54, 1.807) is 0 Å². The molecule has 3 aromatic heterocycles. The highest BCUT2D eigenvalue weighted by Crippen LogP contribution is 2.42. The fourth-order valence-corrected chi connectivity index (χ4v) is 16.8. The van der Waals surface area contributed by atoms with Gasteiger partial charge >= 0.3 is 0 Å². The quantitative estimate of drug-likeness (QED) is 0.107. The van der Waals surface area contributed by atoms with Crippen molar-refractivity contribution in [3.63, 3.8) is 0 Å². The number of nitrogens with zero attached hydrogens (tertiary/aromatic N) is 3. The average Bonchev–Trinajstić information content (AvgIpc) is 4.09. The molecular formula is C66H45N3Si. The van der Waals surface area contributed by atoms with Crippen molar-refractivity contribution in [2.24, 2.45) is 0 Å². The average molecular weight is 908 g/mol. The topological polar surface area (TPSA) is 14.8 Å². The molecule has 0 saturated heterocycles. The molecule has 328 valence electrons. The van der Waals surface area contributed by atoms with E-state index >= 15 is 0 Å². The molecule has 3 nitrogen and oxygen atoms in total. The van der Waals surface area contributed by atoms with E-state index < -0.39 is 8.07 Å². The van der Waals surface area contributed by atoms with E-state index in [9.17, 15) is 0 Å². The van der Waals surface area contributed by atoms with Crippen molar-refractivity contribution in [2.45, 2.75) is 0 Å². The summed E-state index contributed by atoms with van der Waals surface area (Å²) in [4.78, 5) is 0. The molecule has 0 atom stereocenters. The first kappa shape index (κ1) is 40.1. The predicted octanol–water partition coefficient (Wildman–Crippen LogP) is 14.0. The minimum absolute atomic E-state index is 1.11. The van der Waals surface area contributed by atoms with Crippen molar-refractivity contribution in [3.05, 3.63) is 273 Å². The molecule has 0 unspecified atom stereocenters. The molecule has 14 rings (SSSR count). The highest BCUT2D eigenvalue weighted by molar-refractivity contribution is 7.20. The van der Waals surface area contributed by atoms with Gasteiger partial charge in [0.25, 0.3) is 0 Å². The lowest BCUT2D eigenvalue weighted by atomic mass is 10.1. The van der Waals surface area contributed by atoms with Crippen LogP contribution in [0.5, 0.6) is 0 Å². The number of hydrogen-bond acceptors (Lipinski definition) is 0. The third-order valence-corrected chi connectivity index (χ3v) is 19.6. The van der Waals surface area contributed by atoms with Gasteiger partial charge in [0.15, 0.2) is 8.07 Å². The van der Waals surface area contributed by atoms with Crippen molar-refractivity contribution in [3.8, 4) is 28.2 Å². The van der Waals surface area contributed by atoms with Gasteiger partial charge in [-0.15, -0.1) is 0 Å². The molecular weight excluding hydrogens is 863 g/mol. The van der Waals surface area contributed by atoms with E-state index in [0.717, 1.165) is 22.6 Å². The van der Waals surface area contributed by atoms with Crippen LogP contribution in [0, 0.1) is 0 Å². The van der Waals surface area contributed by atoms with Gasteiger partial charge in [-0.1, -0.05) is 218 Å². The lowest BCUT2D eigenvalue weighted by Crippen LogP contribution is -2.75. The fraction of sp³-hybridized carbons (Fsp3) is 0. The van der Waals surface area contributed by atoms with Crippen LogP contribution >= 0.6 is 0 Å². The first-order valence-electron chi connectivity index (χ1n) is 24.2. The Kier molecular flexibility index (Phi) is 9.23. The molecule has 0 amide bonds. The zero-order valence-corrected chi connectivity index (χ0v) is 39.3. The Balaban J connectivity index is 1.09. The summed E-state index contributed by atoms with van der Waals surface area (Å²) in [6, 6.07) is 101. The second-order valence-corrected chi connectivity index (χ2v) is 22.2. The van der Waals surface area contributed by atoms with Crippen LogP contribution in [0.15, 0.2) is 273 Å². The third kappa shape index (κ3) is 5.94. The van der Waals surface area contributed by atoms with Crippen molar-refractivity contribution < 1.29 is 0 Å². The van der Waals surface area contributed by atoms with Gasteiger partial charge < -0.3 is 13.7 Å².